The van der Waals surface area contributed by atoms with Gasteiger partial charge in [0.1, 0.15) is 17.0 Å². The summed E-state index contributed by atoms with van der Waals surface area (Å²) in [5, 5.41) is 32.1. The molecule has 0 aliphatic heterocycles. The molecule has 4 aromatic rings. The van der Waals surface area contributed by atoms with Crippen LogP contribution in [0.5, 0.6) is 0 Å². The summed E-state index contributed by atoms with van der Waals surface area (Å²) in [6, 6.07) is 8.24. The van der Waals surface area contributed by atoms with E-state index in [1.807, 2.05) is 33.2 Å². The Kier molecular flexibility index (Phi) is 6.55. The number of nitrogens with zero attached hydrogens (tertiary/aromatic N) is 6. The number of imidazole rings is 1. The zero-order valence-electron chi connectivity index (χ0n) is 18.6. The van der Waals surface area contributed by atoms with Crippen molar-refractivity contribution < 1.29 is 14.6 Å². The highest BCUT2D eigenvalue weighted by Crippen LogP contribution is 2.34. The largest absolute Gasteiger partial charge is 0.395 e. The quantitative estimate of drug-likeness (QED) is 0.356. The van der Waals surface area contributed by atoms with Crippen molar-refractivity contribution in [3.63, 3.8) is 0 Å². The highest BCUT2D eigenvalue weighted by atomic mass is 19.1. The van der Waals surface area contributed by atoms with E-state index in [1.165, 1.54) is 12.1 Å². The lowest BCUT2D eigenvalue weighted by Gasteiger charge is -2.21. The number of aliphatic hydroxyl groups is 2. The predicted molar refractivity (Wildman–Crippen MR) is 124 cm³/mol. The summed E-state index contributed by atoms with van der Waals surface area (Å²) in [6.07, 6.45) is 1.73. The van der Waals surface area contributed by atoms with Crippen LogP contribution in [0, 0.1) is 17.1 Å². The van der Waals surface area contributed by atoms with E-state index in [0.717, 1.165) is 22.1 Å². The minimum atomic E-state index is -0.488. The Morgan fingerprint density at radius 2 is 1.91 bits per heavy atom. The van der Waals surface area contributed by atoms with Gasteiger partial charge in [-0.2, -0.15) is 5.26 Å². The molecule has 3 aromatic heterocycles. The van der Waals surface area contributed by atoms with Crippen molar-refractivity contribution in [2.24, 2.45) is 7.05 Å². The highest BCUT2D eigenvalue weighted by Gasteiger charge is 2.20. The van der Waals surface area contributed by atoms with Gasteiger partial charge in [-0.15, -0.1) is 0 Å². The fourth-order valence-electron chi connectivity index (χ4n) is 4.22. The first-order chi connectivity index (χ1) is 16.0. The molecule has 3 N–H and O–H groups in total. The molecule has 0 spiro atoms. The molecule has 172 valence electrons. The van der Waals surface area contributed by atoms with E-state index in [1.54, 1.807) is 19.4 Å². The molecular formula is C23H26FN7O2. The van der Waals surface area contributed by atoms with Crippen molar-refractivity contribution in [2.75, 3.05) is 45.2 Å². The molecule has 0 aliphatic carbocycles. The number of hydrogen-bond acceptors (Lipinski definition) is 7. The van der Waals surface area contributed by atoms with E-state index in [9.17, 15) is 19.9 Å². The minimum Gasteiger partial charge on any atom is -0.395 e. The van der Waals surface area contributed by atoms with Crippen LogP contribution in [-0.4, -0.2) is 74.1 Å². The molecule has 0 bridgehead atoms. The summed E-state index contributed by atoms with van der Waals surface area (Å²) >= 11 is 0. The van der Waals surface area contributed by atoms with Crippen molar-refractivity contribution in [1.82, 2.24) is 24.0 Å². The first-order valence-electron chi connectivity index (χ1n) is 10.7. The number of fused-ring (bicyclic) bond motifs is 3. The number of pyridine rings is 1. The molecule has 0 radical (unpaired) electrons. The summed E-state index contributed by atoms with van der Waals surface area (Å²) in [5.41, 5.74) is 3.85. The zero-order valence-corrected chi connectivity index (χ0v) is 18.6. The van der Waals surface area contributed by atoms with Gasteiger partial charge in [0, 0.05) is 51.2 Å². The van der Waals surface area contributed by atoms with Crippen molar-refractivity contribution in [3.8, 4) is 17.3 Å². The number of aliphatic hydroxyl groups excluding tert-OH is 2. The fraction of sp³-hybridized carbons (Fsp3) is 0.348. The number of nitrogens with one attached hydrogen (secondary N) is 1. The Labute approximate surface area is 190 Å². The van der Waals surface area contributed by atoms with Gasteiger partial charge in [-0.25, -0.2) is 14.4 Å². The first kappa shape index (κ1) is 22.7. The molecule has 9 nitrogen and oxygen atoms in total. The van der Waals surface area contributed by atoms with E-state index < -0.39 is 5.82 Å². The van der Waals surface area contributed by atoms with Gasteiger partial charge in [0.15, 0.2) is 5.82 Å². The Balaban J connectivity index is 1.94. The second kappa shape index (κ2) is 9.54. The van der Waals surface area contributed by atoms with Crippen LogP contribution < -0.4 is 5.32 Å². The second-order valence-corrected chi connectivity index (χ2v) is 7.81. The number of rotatable bonds is 9. The van der Waals surface area contributed by atoms with Gasteiger partial charge in [0.2, 0.25) is 0 Å². The Bertz CT molecular complexity index is 1330. The number of hydrogen-bond donors (Lipinski definition) is 3. The topological polar surface area (TPSA) is 115 Å². The van der Waals surface area contributed by atoms with Crippen LogP contribution >= 0.6 is 0 Å². The number of aryl methyl sites for hydroxylation is 1. The van der Waals surface area contributed by atoms with E-state index in [-0.39, 0.29) is 18.8 Å². The van der Waals surface area contributed by atoms with Crippen LogP contribution in [0.25, 0.3) is 33.3 Å². The first-order valence-corrected chi connectivity index (χ1v) is 10.7. The van der Waals surface area contributed by atoms with Gasteiger partial charge in [-0.3, -0.25) is 4.90 Å². The zero-order chi connectivity index (χ0) is 23.5. The molecule has 33 heavy (non-hydrogen) atoms. The monoisotopic (exact) mass is 451 g/mol. The van der Waals surface area contributed by atoms with Gasteiger partial charge in [-0.05, 0) is 24.3 Å². The highest BCUT2D eigenvalue weighted by molar-refractivity contribution is 6.07. The van der Waals surface area contributed by atoms with Crippen molar-refractivity contribution >= 4 is 27.9 Å². The maximum Gasteiger partial charge on any atom is 0.156 e. The maximum atomic E-state index is 14.3. The molecule has 10 heteroatoms. The normalized spacial score (nSPS) is 11.5. The summed E-state index contributed by atoms with van der Waals surface area (Å²) in [7, 11) is 3.69. The molecule has 0 atom stereocenters. The second-order valence-electron chi connectivity index (χ2n) is 7.81. The van der Waals surface area contributed by atoms with Crippen molar-refractivity contribution in [3.05, 3.63) is 42.0 Å². The molecule has 1 aromatic carbocycles. The lowest BCUT2D eigenvalue weighted by atomic mass is 10.1. The van der Waals surface area contributed by atoms with E-state index >= 15 is 0 Å². The average molecular weight is 452 g/mol. The Morgan fingerprint density at radius 3 is 2.58 bits per heavy atom. The molecule has 4 rings (SSSR count). The maximum absolute atomic E-state index is 14.3. The van der Waals surface area contributed by atoms with Gasteiger partial charge >= 0.3 is 0 Å². The molecular weight excluding hydrogens is 425 g/mol. The number of aromatic nitrogens is 4. The third-order valence-corrected chi connectivity index (χ3v) is 5.73. The van der Waals surface area contributed by atoms with Crippen molar-refractivity contribution in [1.29, 1.82) is 5.26 Å². The summed E-state index contributed by atoms with van der Waals surface area (Å²) in [4.78, 5) is 11.2. The van der Waals surface area contributed by atoms with Crippen molar-refractivity contribution in [2.45, 2.75) is 6.54 Å². The van der Waals surface area contributed by atoms with E-state index in [4.69, 9.17) is 4.98 Å². The molecule has 0 fully saturated rings. The average Bonchev–Trinajstić information content (AvgIpc) is 3.37. The minimum absolute atomic E-state index is 0.0213. The molecule has 0 saturated heterocycles. The smallest absolute Gasteiger partial charge is 0.156 e. The van der Waals surface area contributed by atoms with E-state index in [2.05, 4.69) is 10.3 Å². The van der Waals surface area contributed by atoms with Gasteiger partial charge in [-0.1, -0.05) is 0 Å². The lowest BCUT2D eigenvalue weighted by Crippen LogP contribution is -2.33. The van der Waals surface area contributed by atoms with Crippen LogP contribution in [-0.2, 0) is 13.6 Å². The Hall–Kier alpha value is -3.52. The van der Waals surface area contributed by atoms with Crippen LogP contribution in [0.4, 0.5) is 10.2 Å². The molecule has 3 heterocycles. The number of halogens is 1. The van der Waals surface area contributed by atoms with Crippen LogP contribution in [0.3, 0.4) is 0 Å². The summed E-state index contributed by atoms with van der Waals surface area (Å²) < 4.78 is 18.2. The third-order valence-electron chi connectivity index (χ3n) is 5.73. The predicted octanol–water partition coefficient (Wildman–Crippen LogP) is 1.93. The Morgan fingerprint density at radius 1 is 1.15 bits per heavy atom. The standard InChI is InChI=1S/C23H26FN7O2/c1-26-22-20-21(29(2)14-27-20)18-12-19(16-9-15(13-25)10-17(24)11-16)31(23(18)28-22)4-3-30(5-7-32)6-8-33/h9-12,14,32-33H,3-8H2,1-2H3,(H,26,28). The van der Waals surface area contributed by atoms with Crippen LogP contribution in [0.2, 0.25) is 0 Å². The van der Waals surface area contributed by atoms with E-state index in [0.29, 0.717) is 43.2 Å². The van der Waals surface area contributed by atoms with Gasteiger partial charge in [0.25, 0.3) is 0 Å². The number of nitriles is 1. The summed E-state index contributed by atoms with van der Waals surface area (Å²) in [5.74, 6) is 0.140. The molecule has 0 amide bonds. The molecule has 0 aliphatic rings. The van der Waals surface area contributed by atoms with Crippen LogP contribution in [0.1, 0.15) is 5.56 Å². The summed E-state index contributed by atoms with van der Waals surface area (Å²) in [6.45, 7) is 1.83. The van der Waals surface area contributed by atoms with Crippen LogP contribution in [0.15, 0.2) is 30.6 Å². The lowest BCUT2D eigenvalue weighted by molar-refractivity contribution is 0.158. The van der Waals surface area contributed by atoms with Gasteiger partial charge in [0.05, 0.1) is 42.4 Å². The fourth-order valence-corrected chi connectivity index (χ4v) is 4.22. The third kappa shape index (κ3) is 4.26. The number of benzene rings is 1. The molecule has 0 unspecified atom stereocenters. The van der Waals surface area contributed by atoms with Gasteiger partial charge < -0.3 is 24.7 Å². The SMILES string of the molecule is CNc1nc2c(cc(-c3cc(F)cc(C#N)c3)n2CCN(CCO)CCO)c2c1ncn2C. The number of anilines is 1. The molecule has 0 saturated carbocycles.